The summed E-state index contributed by atoms with van der Waals surface area (Å²) in [5, 5.41) is 0. The van der Waals surface area contributed by atoms with E-state index < -0.39 is 12.1 Å². The Morgan fingerprint density at radius 3 is 2.57 bits per heavy atom. The van der Waals surface area contributed by atoms with Gasteiger partial charge in [-0.25, -0.2) is 0 Å². The van der Waals surface area contributed by atoms with E-state index in [0.29, 0.717) is 13.1 Å². The summed E-state index contributed by atoms with van der Waals surface area (Å²) in [6, 6.07) is 3.67. The number of halogens is 4. The minimum absolute atomic E-state index is 0.129. The van der Waals surface area contributed by atoms with Crippen LogP contribution in [-0.4, -0.2) is 29.2 Å². The molecule has 21 heavy (non-hydrogen) atoms. The molecule has 0 amide bonds. The fourth-order valence-corrected chi connectivity index (χ4v) is 3.01. The van der Waals surface area contributed by atoms with Crippen LogP contribution in [0.3, 0.4) is 0 Å². The van der Waals surface area contributed by atoms with E-state index in [-0.39, 0.29) is 12.8 Å². The van der Waals surface area contributed by atoms with Crippen LogP contribution in [-0.2, 0) is 0 Å². The van der Waals surface area contributed by atoms with Gasteiger partial charge in [0.15, 0.2) is 0 Å². The molecule has 1 aliphatic rings. The largest absolute Gasteiger partial charge is 0.391 e. The molecule has 0 atom stereocenters. The van der Waals surface area contributed by atoms with Gasteiger partial charge in [0.25, 0.3) is 0 Å². The molecule has 3 nitrogen and oxygen atoms in total. The molecule has 0 aromatic carbocycles. The van der Waals surface area contributed by atoms with Crippen molar-refractivity contribution in [3.8, 4) is 0 Å². The maximum Gasteiger partial charge on any atom is 0.391 e. The van der Waals surface area contributed by atoms with Crippen molar-refractivity contribution in [3.05, 3.63) is 29.0 Å². The lowest BCUT2D eigenvalue weighted by molar-refractivity contribution is -0.179. The molecule has 1 saturated heterocycles. The molecule has 0 bridgehead atoms. The highest BCUT2D eigenvalue weighted by Gasteiger charge is 2.41. The van der Waals surface area contributed by atoms with Crippen LogP contribution in [0.2, 0.25) is 0 Å². The first-order valence-electron chi connectivity index (χ1n) is 6.67. The molecule has 3 heterocycles. The molecule has 0 radical (unpaired) electrons. The molecule has 2 aromatic rings. The van der Waals surface area contributed by atoms with E-state index >= 15 is 0 Å². The molecule has 3 rings (SSSR count). The summed E-state index contributed by atoms with van der Waals surface area (Å²) in [6.45, 7) is 0.780. The van der Waals surface area contributed by atoms with Crippen molar-refractivity contribution in [3.63, 3.8) is 0 Å². The lowest BCUT2D eigenvalue weighted by Gasteiger charge is -2.34. The van der Waals surface area contributed by atoms with E-state index in [1.807, 2.05) is 17.0 Å². The maximum absolute atomic E-state index is 12.7. The molecule has 0 spiro atoms. The van der Waals surface area contributed by atoms with Crippen LogP contribution in [0.15, 0.2) is 29.0 Å². The van der Waals surface area contributed by atoms with Gasteiger partial charge in [0.05, 0.1) is 17.1 Å². The molecule has 1 fully saturated rings. The normalized spacial score (nSPS) is 17.4. The second-order valence-electron chi connectivity index (χ2n) is 5.15. The predicted octanol–water partition coefficient (Wildman–Crippen LogP) is 4.17. The number of alkyl halides is 3. The summed E-state index contributed by atoms with van der Waals surface area (Å²) in [4.78, 5) is 10.6. The van der Waals surface area contributed by atoms with E-state index in [2.05, 4.69) is 25.9 Å². The average molecular weight is 360 g/mol. The highest BCUT2D eigenvalue weighted by Crippen LogP contribution is 2.36. The fraction of sp³-hybridized carbons (Fsp3) is 0.429. The Hall–Kier alpha value is -1.37. The van der Waals surface area contributed by atoms with Crippen molar-refractivity contribution in [1.82, 2.24) is 9.97 Å². The van der Waals surface area contributed by atoms with Gasteiger partial charge in [-0.15, -0.1) is 0 Å². The highest BCUT2D eigenvalue weighted by molar-refractivity contribution is 9.10. The quantitative estimate of drug-likeness (QED) is 0.764. The summed E-state index contributed by atoms with van der Waals surface area (Å²) < 4.78 is 39.0. The Kier molecular flexibility index (Phi) is 3.77. The van der Waals surface area contributed by atoms with Crippen LogP contribution in [0.1, 0.15) is 12.8 Å². The van der Waals surface area contributed by atoms with Gasteiger partial charge in [-0.1, -0.05) is 0 Å². The third-order valence-electron chi connectivity index (χ3n) is 3.82. The highest BCUT2D eigenvalue weighted by atomic mass is 79.9. The molecule has 0 N–H and O–H groups in total. The Morgan fingerprint density at radius 2 is 1.90 bits per heavy atom. The number of pyridine rings is 2. The van der Waals surface area contributed by atoms with Gasteiger partial charge in [-0.05, 0) is 40.9 Å². The van der Waals surface area contributed by atoms with Crippen molar-refractivity contribution in [2.24, 2.45) is 5.92 Å². The number of hydrogen-bond acceptors (Lipinski definition) is 3. The zero-order valence-electron chi connectivity index (χ0n) is 11.1. The first-order chi connectivity index (χ1) is 9.95. The molecule has 0 unspecified atom stereocenters. The summed E-state index contributed by atoms with van der Waals surface area (Å²) >= 11 is 3.34. The lowest BCUT2D eigenvalue weighted by Crippen LogP contribution is -2.39. The van der Waals surface area contributed by atoms with Crippen molar-refractivity contribution < 1.29 is 13.2 Å². The van der Waals surface area contributed by atoms with Crippen LogP contribution in [0.25, 0.3) is 11.0 Å². The minimum Gasteiger partial charge on any atom is -0.370 e. The van der Waals surface area contributed by atoms with Gasteiger partial charge in [0, 0.05) is 30.0 Å². The van der Waals surface area contributed by atoms with Crippen LogP contribution < -0.4 is 4.90 Å². The molecule has 112 valence electrons. The predicted molar refractivity (Wildman–Crippen MR) is 78.2 cm³/mol. The van der Waals surface area contributed by atoms with Crippen LogP contribution in [0.4, 0.5) is 18.9 Å². The SMILES string of the molecule is FC(F)(F)C1CCN(c2ccnc3cc(Br)cnc23)CC1. The van der Waals surface area contributed by atoms with Gasteiger partial charge < -0.3 is 4.90 Å². The zero-order chi connectivity index (χ0) is 15.0. The minimum atomic E-state index is -4.09. The number of fused-ring (bicyclic) bond motifs is 1. The maximum atomic E-state index is 12.7. The second kappa shape index (κ2) is 5.44. The summed E-state index contributed by atoms with van der Waals surface area (Å²) in [6.07, 6.45) is -0.485. The molecule has 0 saturated carbocycles. The van der Waals surface area contributed by atoms with Gasteiger partial charge in [-0.3, -0.25) is 9.97 Å². The fourth-order valence-electron chi connectivity index (χ4n) is 2.69. The molecule has 1 aliphatic heterocycles. The monoisotopic (exact) mass is 359 g/mol. The first kappa shape index (κ1) is 14.6. The smallest absolute Gasteiger partial charge is 0.370 e. The van der Waals surface area contributed by atoms with Crippen molar-refractivity contribution in [2.45, 2.75) is 19.0 Å². The van der Waals surface area contributed by atoms with E-state index in [0.717, 1.165) is 21.2 Å². The number of hydrogen-bond donors (Lipinski definition) is 0. The number of rotatable bonds is 1. The van der Waals surface area contributed by atoms with Gasteiger partial charge in [0.1, 0.15) is 5.52 Å². The van der Waals surface area contributed by atoms with Crippen molar-refractivity contribution >= 4 is 32.7 Å². The van der Waals surface area contributed by atoms with Crippen LogP contribution >= 0.6 is 15.9 Å². The molecule has 7 heteroatoms. The van der Waals surface area contributed by atoms with Gasteiger partial charge in [-0.2, -0.15) is 13.2 Å². The Labute approximate surface area is 128 Å². The van der Waals surface area contributed by atoms with E-state index in [9.17, 15) is 13.2 Å². The number of anilines is 1. The molecular weight excluding hydrogens is 347 g/mol. The van der Waals surface area contributed by atoms with E-state index in [1.165, 1.54) is 0 Å². The Bertz CT molecular complexity index is 651. The van der Waals surface area contributed by atoms with Crippen molar-refractivity contribution in [1.29, 1.82) is 0 Å². The van der Waals surface area contributed by atoms with Crippen molar-refractivity contribution in [2.75, 3.05) is 18.0 Å². The van der Waals surface area contributed by atoms with Gasteiger partial charge >= 0.3 is 6.18 Å². The zero-order valence-corrected chi connectivity index (χ0v) is 12.7. The third-order valence-corrected chi connectivity index (χ3v) is 4.26. The lowest BCUT2D eigenvalue weighted by atomic mass is 9.96. The molecule has 0 aliphatic carbocycles. The summed E-state index contributed by atoms with van der Waals surface area (Å²) in [5.74, 6) is -1.19. The number of aromatic nitrogens is 2. The van der Waals surface area contributed by atoms with E-state index in [4.69, 9.17) is 0 Å². The Morgan fingerprint density at radius 1 is 1.19 bits per heavy atom. The van der Waals surface area contributed by atoms with E-state index in [1.54, 1.807) is 12.4 Å². The first-order valence-corrected chi connectivity index (χ1v) is 7.46. The molecule has 2 aromatic heterocycles. The number of piperidine rings is 1. The number of nitrogens with zero attached hydrogens (tertiary/aromatic N) is 3. The third kappa shape index (κ3) is 2.97. The van der Waals surface area contributed by atoms with Crippen LogP contribution in [0.5, 0.6) is 0 Å². The Balaban J connectivity index is 1.86. The topological polar surface area (TPSA) is 29.0 Å². The molecular formula is C14H13BrF3N3. The summed E-state index contributed by atoms with van der Waals surface area (Å²) in [5.41, 5.74) is 2.32. The standard InChI is InChI=1S/C14H13BrF3N3/c15-10-7-11-13(20-8-10)12(1-4-19-11)21-5-2-9(3-6-21)14(16,17)18/h1,4,7-9H,2-3,5-6H2. The second-order valence-corrected chi connectivity index (χ2v) is 6.07. The average Bonchev–Trinajstić information content (AvgIpc) is 2.45. The summed E-state index contributed by atoms with van der Waals surface area (Å²) in [7, 11) is 0. The van der Waals surface area contributed by atoms with Gasteiger partial charge in [0.2, 0.25) is 0 Å². The van der Waals surface area contributed by atoms with Crippen LogP contribution in [0, 0.1) is 5.92 Å².